The van der Waals surface area contributed by atoms with Crippen molar-refractivity contribution in [1.29, 1.82) is 0 Å². The number of nitrogens with one attached hydrogen (secondary N) is 1. The number of carbonyl (C=O) groups excluding carboxylic acids is 1. The second-order valence-corrected chi connectivity index (χ2v) is 3.75. The first-order valence-electron chi connectivity index (χ1n) is 4.39. The molecule has 0 aromatic carbocycles. The molecule has 80 valence electrons. The zero-order valence-corrected chi connectivity index (χ0v) is 8.49. The molecule has 0 spiro atoms. The van der Waals surface area contributed by atoms with Gasteiger partial charge in [0.15, 0.2) is 0 Å². The van der Waals surface area contributed by atoms with Crippen LogP contribution in [0.15, 0.2) is 10.9 Å². The van der Waals surface area contributed by atoms with Gasteiger partial charge in [-0.1, -0.05) is 11.6 Å². The van der Waals surface area contributed by atoms with Gasteiger partial charge >= 0.3 is 0 Å². The first-order valence-corrected chi connectivity index (χ1v) is 4.77. The van der Waals surface area contributed by atoms with Gasteiger partial charge in [-0.15, -0.1) is 0 Å². The zero-order valence-electron chi connectivity index (χ0n) is 7.74. The maximum atomic E-state index is 11.4. The Morgan fingerprint density at radius 2 is 2.33 bits per heavy atom. The van der Waals surface area contributed by atoms with E-state index in [1.165, 1.54) is 4.90 Å². The molecule has 1 aromatic heterocycles. The molecule has 1 aromatic rings. The summed E-state index contributed by atoms with van der Waals surface area (Å²) in [5.74, 6) is -0.00151. The standard InChI is InChI=1S/C8H9ClN4O2/c9-5-2-6(14)12-8(11-5)13-3-4(10)1-7(13)15/h2,4H,1,3,10H2,(H,11,12,14). The third kappa shape index (κ3) is 2.00. The third-order valence-corrected chi connectivity index (χ3v) is 2.30. The van der Waals surface area contributed by atoms with E-state index in [0.29, 0.717) is 6.54 Å². The molecule has 1 saturated heterocycles. The number of nitrogens with two attached hydrogens (primary N) is 1. The van der Waals surface area contributed by atoms with E-state index in [1.807, 2.05) is 0 Å². The van der Waals surface area contributed by atoms with Gasteiger partial charge < -0.3 is 5.73 Å². The molecular formula is C8H9ClN4O2. The van der Waals surface area contributed by atoms with Crippen molar-refractivity contribution in [2.75, 3.05) is 11.4 Å². The number of carbonyl (C=O) groups is 1. The van der Waals surface area contributed by atoms with Gasteiger partial charge in [0.25, 0.3) is 5.56 Å². The summed E-state index contributed by atoms with van der Waals surface area (Å²) in [6.07, 6.45) is 0.260. The molecule has 1 aliphatic rings. The summed E-state index contributed by atoms with van der Waals surface area (Å²) >= 11 is 5.61. The first kappa shape index (κ1) is 10.1. The third-order valence-electron chi connectivity index (χ3n) is 2.11. The predicted molar refractivity (Wildman–Crippen MR) is 54.8 cm³/mol. The topological polar surface area (TPSA) is 92.1 Å². The molecular weight excluding hydrogens is 220 g/mol. The van der Waals surface area contributed by atoms with Crippen molar-refractivity contribution in [2.45, 2.75) is 12.5 Å². The Balaban J connectivity index is 2.37. The SMILES string of the molecule is NC1CC(=O)N(c2nc(Cl)cc(=O)[nH]2)C1. The predicted octanol–water partition coefficient (Wildman–Crippen LogP) is -0.513. The fourth-order valence-corrected chi connectivity index (χ4v) is 1.66. The van der Waals surface area contributed by atoms with Crippen LogP contribution in [0.1, 0.15) is 6.42 Å². The van der Waals surface area contributed by atoms with Gasteiger partial charge in [0.05, 0.1) is 0 Å². The highest BCUT2D eigenvalue weighted by Crippen LogP contribution is 2.16. The molecule has 1 unspecified atom stereocenters. The minimum atomic E-state index is -0.390. The summed E-state index contributed by atoms with van der Waals surface area (Å²) in [6.45, 7) is 0.349. The summed E-state index contributed by atoms with van der Waals surface area (Å²) < 4.78 is 0. The molecule has 6 nitrogen and oxygen atoms in total. The van der Waals surface area contributed by atoms with Crippen LogP contribution >= 0.6 is 11.6 Å². The van der Waals surface area contributed by atoms with Gasteiger partial charge in [0.1, 0.15) is 5.15 Å². The summed E-state index contributed by atoms with van der Waals surface area (Å²) in [5.41, 5.74) is 5.22. The Hall–Kier alpha value is -1.40. The number of amides is 1. The van der Waals surface area contributed by atoms with Gasteiger partial charge in [-0.2, -0.15) is 0 Å². The van der Waals surface area contributed by atoms with Crippen molar-refractivity contribution in [1.82, 2.24) is 9.97 Å². The van der Waals surface area contributed by atoms with Gasteiger partial charge in [-0.3, -0.25) is 19.5 Å². The van der Waals surface area contributed by atoms with Gasteiger partial charge in [-0.05, 0) is 0 Å². The average Bonchev–Trinajstić information content (AvgIpc) is 2.43. The quantitative estimate of drug-likeness (QED) is 0.633. The van der Waals surface area contributed by atoms with E-state index in [-0.39, 0.29) is 29.5 Å². The lowest BCUT2D eigenvalue weighted by atomic mass is 10.3. The number of hydrogen-bond acceptors (Lipinski definition) is 4. The fraction of sp³-hybridized carbons (Fsp3) is 0.375. The van der Waals surface area contributed by atoms with Crippen LogP contribution in [0, 0.1) is 0 Å². The Morgan fingerprint density at radius 1 is 1.60 bits per heavy atom. The van der Waals surface area contributed by atoms with Crippen LogP contribution in [0.2, 0.25) is 5.15 Å². The van der Waals surface area contributed by atoms with Crippen LogP contribution < -0.4 is 16.2 Å². The highest BCUT2D eigenvalue weighted by atomic mass is 35.5. The zero-order chi connectivity index (χ0) is 11.0. The monoisotopic (exact) mass is 228 g/mol. The number of aromatic amines is 1. The van der Waals surface area contributed by atoms with Crippen LogP contribution in [0.3, 0.4) is 0 Å². The molecule has 1 aliphatic heterocycles. The van der Waals surface area contributed by atoms with E-state index in [4.69, 9.17) is 17.3 Å². The van der Waals surface area contributed by atoms with Crippen LogP contribution in [-0.4, -0.2) is 28.5 Å². The number of hydrogen-bond donors (Lipinski definition) is 2. The van der Waals surface area contributed by atoms with Crippen molar-refractivity contribution < 1.29 is 4.79 Å². The normalized spacial score (nSPS) is 21.1. The Kier molecular flexibility index (Phi) is 2.45. The van der Waals surface area contributed by atoms with Crippen LogP contribution in [0.5, 0.6) is 0 Å². The molecule has 2 rings (SSSR count). The number of halogens is 1. The molecule has 1 atom stereocenters. The molecule has 15 heavy (non-hydrogen) atoms. The number of H-pyrrole nitrogens is 1. The average molecular weight is 229 g/mol. The lowest BCUT2D eigenvalue weighted by Gasteiger charge is -2.13. The molecule has 0 aliphatic carbocycles. The minimum Gasteiger partial charge on any atom is -0.326 e. The van der Waals surface area contributed by atoms with E-state index < -0.39 is 5.56 Å². The minimum absolute atomic E-state index is 0.0574. The first-order chi connectivity index (χ1) is 7.06. The lowest BCUT2D eigenvalue weighted by Crippen LogP contribution is -2.31. The van der Waals surface area contributed by atoms with Crippen molar-refractivity contribution in [3.63, 3.8) is 0 Å². The molecule has 3 N–H and O–H groups in total. The van der Waals surface area contributed by atoms with Crippen molar-refractivity contribution in [3.8, 4) is 0 Å². The second-order valence-electron chi connectivity index (χ2n) is 3.36. The largest absolute Gasteiger partial charge is 0.326 e. The summed E-state index contributed by atoms with van der Waals surface area (Å²) in [5, 5.41) is 0.0574. The van der Waals surface area contributed by atoms with Crippen molar-refractivity contribution in [3.05, 3.63) is 21.6 Å². The van der Waals surface area contributed by atoms with E-state index in [9.17, 15) is 9.59 Å². The number of nitrogens with zero attached hydrogens (tertiary/aromatic N) is 2. The molecule has 0 radical (unpaired) electrons. The van der Waals surface area contributed by atoms with Crippen molar-refractivity contribution >= 4 is 23.5 Å². The highest BCUT2D eigenvalue weighted by molar-refractivity contribution is 6.29. The molecule has 7 heteroatoms. The van der Waals surface area contributed by atoms with Gasteiger partial charge in [0, 0.05) is 25.1 Å². The van der Waals surface area contributed by atoms with Crippen LogP contribution in [0.25, 0.3) is 0 Å². The highest BCUT2D eigenvalue weighted by Gasteiger charge is 2.29. The molecule has 1 fully saturated rings. The van der Waals surface area contributed by atoms with Crippen LogP contribution in [0.4, 0.5) is 5.95 Å². The molecule has 0 saturated carbocycles. The number of anilines is 1. The van der Waals surface area contributed by atoms with Gasteiger partial charge in [-0.25, -0.2) is 4.98 Å². The number of aromatic nitrogens is 2. The maximum Gasteiger partial charge on any atom is 0.253 e. The Labute approximate surface area is 90.1 Å². The summed E-state index contributed by atoms with van der Waals surface area (Å²) in [7, 11) is 0. The van der Waals surface area contributed by atoms with Gasteiger partial charge in [0.2, 0.25) is 11.9 Å². The van der Waals surface area contributed by atoms with E-state index in [1.54, 1.807) is 0 Å². The molecule has 2 heterocycles. The van der Waals surface area contributed by atoms with Crippen LogP contribution in [-0.2, 0) is 4.79 Å². The lowest BCUT2D eigenvalue weighted by molar-refractivity contribution is -0.117. The molecule has 0 bridgehead atoms. The Bertz CT molecular complexity index is 458. The second kappa shape index (κ2) is 3.63. The van der Waals surface area contributed by atoms with E-state index in [2.05, 4.69) is 9.97 Å². The fourth-order valence-electron chi connectivity index (χ4n) is 1.48. The van der Waals surface area contributed by atoms with E-state index in [0.717, 1.165) is 6.07 Å². The van der Waals surface area contributed by atoms with E-state index >= 15 is 0 Å². The summed E-state index contributed by atoms with van der Waals surface area (Å²) in [6, 6.07) is 0.924. The van der Waals surface area contributed by atoms with Crippen molar-refractivity contribution in [2.24, 2.45) is 5.73 Å². The maximum absolute atomic E-state index is 11.4. The summed E-state index contributed by atoms with van der Waals surface area (Å²) in [4.78, 5) is 30.2. The molecule has 1 amide bonds. The Morgan fingerprint density at radius 3 is 2.87 bits per heavy atom. The smallest absolute Gasteiger partial charge is 0.253 e. The number of rotatable bonds is 1.